The largest absolute Gasteiger partial charge is 0.493 e. The van der Waals surface area contributed by atoms with Gasteiger partial charge < -0.3 is 14.8 Å². The second-order valence-electron chi connectivity index (χ2n) is 5.60. The fraction of sp³-hybridized carbons (Fsp3) is 0.263. The van der Waals surface area contributed by atoms with Crippen LogP contribution in [0, 0.1) is 0 Å². The van der Waals surface area contributed by atoms with E-state index in [4.69, 9.17) is 9.47 Å². The molecule has 3 rings (SSSR count). The zero-order valence-corrected chi connectivity index (χ0v) is 14.9. The van der Waals surface area contributed by atoms with Crippen LogP contribution in [0.3, 0.4) is 0 Å². The van der Waals surface area contributed by atoms with Crippen LogP contribution in [0.4, 0.5) is 0 Å². The summed E-state index contributed by atoms with van der Waals surface area (Å²) in [7, 11) is 3.19. The highest BCUT2D eigenvalue weighted by atomic mass is 32.2. The molecule has 0 bridgehead atoms. The quantitative estimate of drug-likeness (QED) is 0.861. The Morgan fingerprint density at radius 2 is 1.88 bits per heavy atom. The molecular weight excluding hydrogens is 338 g/mol. The maximum atomic E-state index is 12.4. The van der Waals surface area contributed by atoms with Gasteiger partial charge in [-0.25, -0.2) is 0 Å². The molecule has 0 aliphatic carbocycles. The van der Waals surface area contributed by atoms with Gasteiger partial charge in [-0.1, -0.05) is 42.1 Å². The first kappa shape index (κ1) is 17.4. The molecule has 5 nitrogen and oxygen atoms in total. The Balaban J connectivity index is 1.60. The first-order valence-electron chi connectivity index (χ1n) is 7.92. The molecule has 6 heteroatoms. The number of nitrogens with one attached hydrogen (secondary N) is 1. The van der Waals surface area contributed by atoms with Crippen molar-refractivity contribution in [2.75, 3.05) is 20.8 Å². The van der Waals surface area contributed by atoms with Gasteiger partial charge >= 0.3 is 0 Å². The predicted octanol–water partition coefficient (Wildman–Crippen LogP) is 2.99. The monoisotopic (exact) mass is 357 g/mol. The van der Waals surface area contributed by atoms with Gasteiger partial charge in [0.05, 0.1) is 14.2 Å². The van der Waals surface area contributed by atoms with Crippen LogP contribution in [-0.4, -0.2) is 31.8 Å². The average molecular weight is 357 g/mol. The fourth-order valence-electron chi connectivity index (χ4n) is 2.80. The first-order valence-corrected chi connectivity index (χ1v) is 8.80. The Bertz CT molecular complexity index is 806. The standard InChI is InChI=1S/C19H19NO4S/c1-23-15-8-7-12(11-16(15)24-2)9-10-20-18(21)17-13-5-3-4-6-14(13)19(22)25-17/h3-8,11,17H,9-10H2,1-2H3,(H,20,21). The highest BCUT2D eigenvalue weighted by molar-refractivity contribution is 8.15. The summed E-state index contributed by atoms with van der Waals surface area (Å²) in [5, 5.41) is 2.41. The topological polar surface area (TPSA) is 64.6 Å². The number of ether oxygens (including phenoxy) is 2. The Labute approximate surface area is 150 Å². The fourth-order valence-corrected chi connectivity index (χ4v) is 3.85. The highest BCUT2D eigenvalue weighted by Crippen LogP contribution is 2.41. The van der Waals surface area contributed by atoms with Crippen molar-refractivity contribution in [3.05, 3.63) is 59.2 Å². The van der Waals surface area contributed by atoms with Crippen LogP contribution in [0.25, 0.3) is 0 Å². The van der Waals surface area contributed by atoms with E-state index in [-0.39, 0.29) is 11.0 Å². The number of amides is 1. The molecule has 130 valence electrons. The number of carbonyl (C=O) groups excluding carboxylic acids is 2. The summed E-state index contributed by atoms with van der Waals surface area (Å²) in [5.41, 5.74) is 2.46. The van der Waals surface area contributed by atoms with Gasteiger partial charge in [-0.2, -0.15) is 0 Å². The van der Waals surface area contributed by atoms with Crippen LogP contribution in [-0.2, 0) is 11.2 Å². The van der Waals surface area contributed by atoms with E-state index in [1.54, 1.807) is 20.3 Å². The van der Waals surface area contributed by atoms with Crippen molar-refractivity contribution >= 4 is 22.8 Å². The van der Waals surface area contributed by atoms with E-state index in [0.717, 1.165) is 22.9 Å². The van der Waals surface area contributed by atoms with E-state index in [9.17, 15) is 9.59 Å². The van der Waals surface area contributed by atoms with Crippen molar-refractivity contribution in [2.45, 2.75) is 11.7 Å². The van der Waals surface area contributed by atoms with Gasteiger partial charge in [0.1, 0.15) is 5.25 Å². The molecule has 0 aromatic heterocycles. The van der Waals surface area contributed by atoms with E-state index in [1.807, 2.05) is 36.4 Å². The normalized spacial score (nSPS) is 15.6. The lowest BCUT2D eigenvalue weighted by Crippen LogP contribution is -2.29. The third-order valence-corrected chi connectivity index (χ3v) is 5.22. The molecule has 2 aromatic rings. The Hall–Kier alpha value is -2.47. The Morgan fingerprint density at radius 1 is 1.12 bits per heavy atom. The number of fused-ring (bicyclic) bond motifs is 1. The van der Waals surface area contributed by atoms with Crippen molar-refractivity contribution in [3.63, 3.8) is 0 Å². The number of rotatable bonds is 6. The van der Waals surface area contributed by atoms with Crippen molar-refractivity contribution in [2.24, 2.45) is 0 Å². The van der Waals surface area contributed by atoms with Crippen LogP contribution >= 0.6 is 11.8 Å². The van der Waals surface area contributed by atoms with Crippen molar-refractivity contribution in [1.29, 1.82) is 0 Å². The van der Waals surface area contributed by atoms with Crippen molar-refractivity contribution in [1.82, 2.24) is 5.32 Å². The molecule has 2 aromatic carbocycles. The van der Waals surface area contributed by atoms with E-state index in [2.05, 4.69) is 5.32 Å². The SMILES string of the molecule is COc1ccc(CCNC(=O)C2SC(=O)c3ccccc32)cc1OC. The Morgan fingerprint density at radius 3 is 2.64 bits per heavy atom. The van der Waals surface area contributed by atoms with Gasteiger partial charge in [-0.15, -0.1) is 0 Å². The van der Waals surface area contributed by atoms with E-state index in [0.29, 0.717) is 30.0 Å². The Kier molecular flexibility index (Phi) is 5.28. The average Bonchev–Trinajstić information content (AvgIpc) is 2.98. The summed E-state index contributed by atoms with van der Waals surface area (Å²) in [6.07, 6.45) is 0.666. The zero-order chi connectivity index (χ0) is 17.8. The summed E-state index contributed by atoms with van der Waals surface area (Å²) < 4.78 is 10.5. The number of carbonyl (C=O) groups is 2. The van der Waals surface area contributed by atoms with E-state index in [1.165, 1.54) is 0 Å². The van der Waals surface area contributed by atoms with Crippen LogP contribution < -0.4 is 14.8 Å². The predicted molar refractivity (Wildman–Crippen MR) is 97.4 cm³/mol. The number of methoxy groups -OCH3 is 2. The number of hydrogen-bond donors (Lipinski definition) is 1. The zero-order valence-electron chi connectivity index (χ0n) is 14.1. The number of benzene rings is 2. The lowest BCUT2D eigenvalue weighted by atomic mass is 10.1. The lowest BCUT2D eigenvalue weighted by Gasteiger charge is -2.12. The van der Waals surface area contributed by atoms with E-state index >= 15 is 0 Å². The minimum atomic E-state index is -0.464. The second kappa shape index (κ2) is 7.61. The van der Waals surface area contributed by atoms with Gasteiger partial charge in [-0.3, -0.25) is 9.59 Å². The van der Waals surface area contributed by atoms with E-state index < -0.39 is 5.25 Å². The molecule has 0 fully saturated rings. The lowest BCUT2D eigenvalue weighted by molar-refractivity contribution is -0.120. The first-order chi connectivity index (χ1) is 12.1. The highest BCUT2D eigenvalue weighted by Gasteiger charge is 2.34. The van der Waals surface area contributed by atoms with Crippen molar-refractivity contribution < 1.29 is 19.1 Å². The van der Waals surface area contributed by atoms with Gasteiger partial charge in [0.15, 0.2) is 11.5 Å². The summed E-state index contributed by atoms with van der Waals surface area (Å²) >= 11 is 1.07. The number of thioether (sulfide) groups is 1. The summed E-state index contributed by atoms with van der Waals surface area (Å²) in [6.45, 7) is 0.488. The minimum absolute atomic E-state index is 0.0457. The molecule has 1 unspecified atom stereocenters. The summed E-state index contributed by atoms with van der Waals surface area (Å²) in [5.74, 6) is 1.20. The third-order valence-electron chi connectivity index (χ3n) is 4.09. The molecule has 1 amide bonds. The molecule has 25 heavy (non-hydrogen) atoms. The van der Waals surface area contributed by atoms with Crippen LogP contribution in [0.5, 0.6) is 11.5 Å². The van der Waals surface area contributed by atoms with Gasteiger partial charge in [0, 0.05) is 12.1 Å². The minimum Gasteiger partial charge on any atom is -0.493 e. The van der Waals surface area contributed by atoms with Crippen LogP contribution in [0.2, 0.25) is 0 Å². The van der Waals surface area contributed by atoms with Gasteiger partial charge in [-0.05, 0) is 29.7 Å². The van der Waals surface area contributed by atoms with Gasteiger partial charge in [0.25, 0.3) is 0 Å². The number of hydrogen-bond acceptors (Lipinski definition) is 5. The molecule has 1 aliphatic heterocycles. The van der Waals surface area contributed by atoms with Crippen molar-refractivity contribution in [3.8, 4) is 11.5 Å². The van der Waals surface area contributed by atoms with Gasteiger partial charge in [0.2, 0.25) is 11.0 Å². The van der Waals surface area contributed by atoms with Crippen LogP contribution in [0.15, 0.2) is 42.5 Å². The van der Waals surface area contributed by atoms with Crippen LogP contribution in [0.1, 0.15) is 26.7 Å². The molecule has 0 radical (unpaired) electrons. The summed E-state index contributed by atoms with van der Waals surface area (Å²) in [4.78, 5) is 24.4. The molecule has 1 atom stereocenters. The maximum absolute atomic E-state index is 12.4. The smallest absolute Gasteiger partial charge is 0.238 e. The molecule has 1 aliphatic rings. The second-order valence-corrected chi connectivity index (χ2v) is 6.68. The molecule has 1 N–H and O–H groups in total. The molecule has 0 spiro atoms. The molecule has 0 saturated carbocycles. The molecular formula is C19H19NO4S. The molecule has 1 heterocycles. The summed E-state index contributed by atoms with van der Waals surface area (Å²) in [6, 6.07) is 13.0. The maximum Gasteiger partial charge on any atom is 0.238 e. The molecule has 0 saturated heterocycles. The third kappa shape index (κ3) is 3.64.